The van der Waals surface area contributed by atoms with Crippen LogP contribution in [0.2, 0.25) is 10.0 Å². The number of benzene rings is 1. The summed E-state index contributed by atoms with van der Waals surface area (Å²) in [7, 11) is 1.28. The molecule has 1 atom stereocenters. The first-order chi connectivity index (χ1) is 8.31. The number of hydrogen-bond acceptors (Lipinski definition) is 3. The highest BCUT2D eigenvalue weighted by Crippen LogP contribution is 2.24. The Morgan fingerprint density at radius 2 is 1.78 bits per heavy atom. The molecule has 7 heteroatoms. The summed E-state index contributed by atoms with van der Waals surface area (Å²) in [4.78, 5) is 23.1. The Hall–Kier alpha value is -1.30. The molecule has 0 heterocycles. The van der Waals surface area contributed by atoms with E-state index in [1.54, 1.807) is 0 Å². The first kappa shape index (κ1) is 14.8. The van der Waals surface area contributed by atoms with Crippen molar-refractivity contribution < 1.29 is 19.8 Å². The predicted octanol–water partition coefficient (Wildman–Crippen LogP) is 1.57. The van der Waals surface area contributed by atoms with Crippen LogP contribution in [0.3, 0.4) is 0 Å². The van der Waals surface area contributed by atoms with Gasteiger partial charge in [-0.15, -0.1) is 0 Å². The number of aliphatic carboxylic acids is 1. The fourth-order valence-corrected chi connectivity index (χ4v) is 1.91. The van der Waals surface area contributed by atoms with Crippen LogP contribution >= 0.6 is 23.2 Å². The summed E-state index contributed by atoms with van der Waals surface area (Å²) in [6.07, 6.45) is -1.49. The molecule has 0 fully saturated rings. The van der Waals surface area contributed by atoms with Crippen molar-refractivity contribution in [3.05, 3.63) is 33.8 Å². The van der Waals surface area contributed by atoms with Gasteiger partial charge in [-0.05, 0) is 23.8 Å². The molecule has 5 nitrogen and oxygen atoms in total. The van der Waals surface area contributed by atoms with Gasteiger partial charge in [-0.1, -0.05) is 23.2 Å². The summed E-state index contributed by atoms with van der Waals surface area (Å²) in [5, 5.41) is 18.9. The summed E-state index contributed by atoms with van der Waals surface area (Å²) >= 11 is 11.5. The van der Waals surface area contributed by atoms with Gasteiger partial charge in [-0.25, -0.2) is 0 Å². The molecule has 98 valence electrons. The van der Waals surface area contributed by atoms with Gasteiger partial charge in [0.1, 0.15) is 6.54 Å². The minimum absolute atomic E-state index is 0.217. The number of carboxylic acid groups (broad SMARTS) is 1. The Kier molecular flexibility index (Phi) is 4.95. The molecule has 1 rings (SSSR count). The Labute approximate surface area is 114 Å². The number of likely N-dealkylation sites (N-methyl/N-ethyl adjacent to an activating group) is 1. The zero-order valence-electron chi connectivity index (χ0n) is 9.43. The number of rotatable bonds is 4. The fraction of sp³-hybridized carbons (Fsp3) is 0.273. The predicted molar refractivity (Wildman–Crippen MR) is 66.7 cm³/mol. The molecule has 0 radical (unpaired) electrons. The Morgan fingerprint density at radius 3 is 2.22 bits per heavy atom. The molecule has 1 amide bonds. The lowest BCUT2D eigenvalue weighted by atomic mass is 10.1. The standard InChI is InChI=1S/C11H11Cl2NO4/c1-14(5-9(15)16)11(18)10(17)6-2-7(12)4-8(13)3-6/h2-4,10,17H,5H2,1H3,(H,15,16). The van der Waals surface area contributed by atoms with Crippen molar-refractivity contribution in [2.24, 2.45) is 0 Å². The maximum absolute atomic E-state index is 11.7. The van der Waals surface area contributed by atoms with Gasteiger partial charge < -0.3 is 15.1 Å². The van der Waals surface area contributed by atoms with Crippen molar-refractivity contribution in [1.29, 1.82) is 0 Å². The van der Waals surface area contributed by atoms with Crippen molar-refractivity contribution in [3.8, 4) is 0 Å². The molecule has 0 aliphatic heterocycles. The Morgan fingerprint density at radius 1 is 1.28 bits per heavy atom. The van der Waals surface area contributed by atoms with Gasteiger partial charge in [0.15, 0.2) is 6.10 Å². The van der Waals surface area contributed by atoms with Crippen LogP contribution in [0.4, 0.5) is 0 Å². The summed E-state index contributed by atoms with van der Waals surface area (Å²) in [5.74, 6) is -1.90. The number of amides is 1. The van der Waals surface area contributed by atoms with E-state index in [4.69, 9.17) is 28.3 Å². The van der Waals surface area contributed by atoms with E-state index in [9.17, 15) is 14.7 Å². The third-order valence-electron chi connectivity index (χ3n) is 2.18. The number of carbonyl (C=O) groups is 2. The van der Waals surface area contributed by atoms with Gasteiger partial charge in [0.25, 0.3) is 5.91 Å². The number of nitrogens with zero attached hydrogens (tertiary/aromatic N) is 1. The maximum atomic E-state index is 11.7. The second kappa shape index (κ2) is 6.04. The van der Waals surface area contributed by atoms with E-state index in [1.807, 2.05) is 0 Å². The van der Waals surface area contributed by atoms with Gasteiger partial charge in [-0.3, -0.25) is 9.59 Å². The van der Waals surface area contributed by atoms with Gasteiger partial charge in [0, 0.05) is 17.1 Å². The lowest BCUT2D eigenvalue weighted by molar-refractivity contribution is -0.147. The SMILES string of the molecule is CN(CC(=O)O)C(=O)C(O)c1cc(Cl)cc(Cl)c1. The smallest absolute Gasteiger partial charge is 0.323 e. The van der Waals surface area contributed by atoms with Crippen molar-refractivity contribution >= 4 is 35.1 Å². The van der Waals surface area contributed by atoms with Crippen molar-refractivity contribution in [2.45, 2.75) is 6.10 Å². The molecule has 0 aliphatic carbocycles. The van der Waals surface area contributed by atoms with Gasteiger partial charge in [0.2, 0.25) is 0 Å². The number of aliphatic hydroxyl groups excluding tert-OH is 1. The van der Waals surface area contributed by atoms with Crippen LogP contribution in [0, 0.1) is 0 Å². The molecule has 0 saturated heterocycles. The minimum Gasteiger partial charge on any atom is -0.480 e. The highest BCUT2D eigenvalue weighted by atomic mass is 35.5. The molecule has 18 heavy (non-hydrogen) atoms. The largest absolute Gasteiger partial charge is 0.480 e. The van der Waals surface area contributed by atoms with Crippen LogP contribution in [0.5, 0.6) is 0 Å². The van der Waals surface area contributed by atoms with E-state index >= 15 is 0 Å². The molecule has 1 unspecified atom stereocenters. The molecular weight excluding hydrogens is 281 g/mol. The summed E-state index contributed by atoms with van der Waals surface area (Å²) in [6.45, 7) is -0.496. The van der Waals surface area contributed by atoms with E-state index in [-0.39, 0.29) is 15.6 Å². The van der Waals surface area contributed by atoms with Gasteiger partial charge >= 0.3 is 5.97 Å². The highest BCUT2D eigenvalue weighted by Gasteiger charge is 2.23. The van der Waals surface area contributed by atoms with Crippen LogP contribution in [0.1, 0.15) is 11.7 Å². The number of aliphatic hydroxyl groups is 1. The maximum Gasteiger partial charge on any atom is 0.323 e. The third-order valence-corrected chi connectivity index (χ3v) is 2.62. The fourth-order valence-electron chi connectivity index (χ4n) is 1.37. The first-order valence-electron chi connectivity index (χ1n) is 4.92. The van der Waals surface area contributed by atoms with Crippen LogP contribution in [0.15, 0.2) is 18.2 Å². The van der Waals surface area contributed by atoms with E-state index in [0.29, 0.717) is 0 Å². The molecule has 0 bridgehead atoms. The average molecular weight is 292 g/mol. The van der Waals surface area contributed by atoms with Crippen molar-refractivity contribution in [2.75, 3.05) is 13.6 Å². The van der Waals surface area contributed by atoms with E-state index in [0.717, 1.165) is 4.90 Å². The number of carboxylic acids is 1. The zero-order valence-corrected chi connectivity index (χ0v) is 10.9. The molecule has 0 spiro atoms. The summed E-state index contributed by atoms with van der Waals surface area (Å²) in [5.41, 5.74) is 0.217. The molecule has 0 aromatic heterocycles. The van der Waals surface area contributed by atoms with E-state index in [1.165, 1.54) is 25.2 Å². The summed E-state index contributed by atoms with van der Waals surface area (Å²) < 4.78 is 0. The van der Waals surface area contributed by atoms with Crippen molar-refractivity contribution in [3.63, 3.8) is 0 Å². The van der Waals surface area contributed by atoms with Crippen molar-refractivity contribution in [1.82, 2.24) is 4.90 Å². The minimum atomic E-state index is -1.49. The van der Waals surface area contributed by atoms with Crippen LogP contribution in [-0.4, -0.2) is 40.6 Å². The molecule has 2 N–H and O–H groups in total. The third kappa shape index (κ3) is 3.87. The molecule has 1 aromatic carbocycles. The second-order valence-electron chi connectivity index (χ2n) is 3.69. The van der Waals surface area contributed by atoms with Crippen LogP contribution < -0.4 is 0 Å². The zero-order chi connectivity index (χ0) is 13.9. The van der Waals surface area contributed by atoms with Crippen LogP contribution in [0.25, 0.3) is 0 Å². The number of carbonyl (C=O) groups excluding carboxylic acids is 1. The summed E-state index contributed by atoms with van der Waals surface area (Å²) in [6, 6.07) is 4.25. The van der Waals surface area contributed by atoms with Gasteiger partial charge in [-0.2, -0.15) is 0 Å². The topological polar surface area (TPSA) is 77.8 Å². The second-order valence-corrected chi connectivity index (χ2v) is 4.57. The van der Waals surface area contributed by atoms with E-state index in [2.05, 4.69) is 0 Å². The molecule has 0 aliphatic rings. The number of hydrogen-bond donors (Lipinski definition) is 2. The first-order valence-corrected chi connectivity index (χ1v) is 5.67. The van der Waals surface area contributed by atoms with Gasteiger partial charge in [0.05, 0.1) is 0 Å². The average Bonchev–Trinajstić information content (AvgIpc) is 2.24. The molecule has 0 saturated carbocycles. The lowest BCUT2D eigenvalue weighted by Crippen LogP contribution is -2.35. The Balaban J connectivity index is 2.89. The highest BCUT2D eigenvalue weighted by molar-refractivity contribution is 6.34. The lowest BCUT2D eigenvalue weighted by Gasteiger charge is -2.19. The molecular formula is C11H11Cl2NO4. The normalized spacial score (nSPS) is 12.0. The van der Waals surface area contributed by atoms with Crippen LogP contribution in [-0.2, 0) is 9.59 Å². The number of halogens is 2. The quantitative estimate of drug-likeness (QED) is 0.883. The monoisotopic (exact) mass is 291 g/mol. The Bertz CT molecular complexity index is 458. The van der Waals surface area contributed by atoms with E-state index < -0.39 is 24.5 Å². The molecule has 1 aromatic rings.